The van der Waals surface area contributed by atoms with Gasteiger partial charge in [-0.05, 0) is 80.4 Å². The van der Waals surface area contributed by atoms with Crippen LogP contribution >= 0.6 is 78.3 Å². The molecule has 40 heavy (non-hydrogen) atoms. The zero-order valence-corrected chi connectivity index (χ0v) is 26.1. The fraction of sp³-hybridized carbons (Fsp3) is 0. The Morgan fingerprint density at radius 3 is 1.20 bits per heavy atom. The van der Waals surface area contributed by atoms with Crippen LogP contribution in [0.25, 0.3) is 0 Å². The first-order valence-corrected chi connectivity index (χ1v) is 14.1. The molecule has 0 radical (unpaired) electrons. The van der Waals surface area contributed by atoms with Gasteiger partial charge in [0.15, 0.2) is 11.5 Å². The van der Waals surface area contributed by atoms with E-state index in [0.29, 0.717) is 11.4 Å². The standard InChI is InChI=1S/2C13H9BrCl2N2O2/c2*14-7-3-1-2-4-9(7)17-13(20)18-10-6-5-8(15)11(16)12(10)19/h2*1-6,19H,(H2,17,18,20). The molecular formula is C26H18Br2Cl4N4O4. The van der Waals surface area contributed by atoms with Gasteiger partial charge in [0.25, 0.3) is 0 Å². The molecule has 0 aliphatic heterocycles. The quantitative estimate of drug-likeness (QED) is 0.116. The highest BCUT2D eigenvalue weighted by Crippen LogP contribution is 2.38. The number of phenolic OH excluding ortho intramolecular Hbond substituents is 2. The number of aromatic hydroxyl groups is 2. The zero-order valence-electron chi connectivity index (χ0n) is 19.9. The van der Waals surface area contributed by atoms with Gasteiger partial charge in [0.1, 0.15) is 10.0 Å². The van der Waals surface area contributed by atoms with Crippen LogP contribution in [-0.4, -0.2) is 22.3 Å². The predicted octanol–water partition coefficient (Wildman–Crippen LogP) is 10.2. The first-order valence-electron chi connectivity index (χ1n) is 11.0. The fourth-order valence-electron chi connectivity index (χ4n) is 2.96. The minimum absolute atomic E-state index is 0.00893. The molecule has 208 valence electrons. The largest absolute Gasteiger partial charge is 0.504 e. The number of phenols is 2. The Morgan fingerprint density at radius 1 is 0.525 bits per heavy atom. The van der Waals surface area contributed by atoms with Crippen molar-refractivity contribution in [1.82, 2.24) is 0 Å². The number of halogens is 6. The van der Waals surface area contributed by atoms with Crippen molar-refractivity contribution in [3.05, 3.63) is 102 Å². The monoisotopic (exact) mass is 748 g/mol. The van der Waals surface area contributed by atoms with Crippen molar-refractivity contribution in [2.45, 2.75) is 0 Å². The number of hydrogen-bond acceptors (Lipinski definition) is 4. The summed E-state index contributed by atoms with van der Waals surface area (Å²) >= 11 is 29.7. The molecule has 0 aliphatic carbocycles. The van der Waals surface area contributed by atoms with Crippen LogP contribution < -0.4 is 21.3 Å². The van der Waals surface area contributed by atoms with Gasteiger partial charge in [-0.1, -0.05) is 70.7 Å². The summed E-state index contributed by atoms with van der Waals surface area (Å²) in [7, 11) is 0. The van der Waals surface area contributed by atoms with Gasteiger partial charge in [0.2, 0.25) is 0 Å². The average Bonchev–Trinajstić information content (AvgIpc) is 2.92. The molecule has 14 heteroatoms. The van der Waals surface area contributed by atoms with Crippen LogP contribution in [0.5, 0.6) is 11.5 Å². The highest BCUT2D eigenvalue weighted by molar-refractivity contribution is 9.11. The Morgan fingerprint density at radius 2 is 0.850 bits per heavy atom. The van der Waals surface area contributed by atoms with Crippen LogP contribution in [-0.2, 0) is 0 Å². The molecule has 0 atom stereocenters. The van der Waals surface area contributed by atoms with Gasteiger partial charge in [-0.25, -0.2) is 9.59 Å². The lowest BCUT2D eigenvalue weighted by atomic mass is 10.3. The van der Waals surface area contributed by atoms with Gasteiger partial charge in [-0.15, -0.1) is 0 Å². The number of hydrogen-bond donors (Lipinski definition) is 6. The Labute approximate surface area is 265 Å². The van der Waals surface area contributed by atoms with Crippen LogP contribution in [0, 0.1) is 0 Å². The topological polar surface area (TPSA) is 123 Å². The first kappa shape index (κ1) is 31.7. The SMILES string of the molecule is O=C(Nc1ccccc1Br)Nc1ccc(Cl)c(Cl)c1O.O=C(Nc1ccccc1Br)Nc1ccc(Cl)c(Cl)c1O. The molecule has 4 aromatic carbocycles. The van der Waals surface area contributed by atoms with E-state index in [-0.39, 0.29) is 43.0 Å². The Balaban J connectivity index is 0.000000220. The van der Waals surface area contributed by atoms with E-state index in [4.69, 9.17) is 46.4 Å². The number of amides is 4. The number of rotatable bonds is 4. The molecular weight excluding hydrogens is 734 g/mol. The molecule has 0 aliphatic rings. The number of benzene rings is 4. The second-order valence-electron chi connectivity index (χ2n) is 7.63. The molecule has 8 nitrogen and oxygen atoms in total. The Hall–Kier alpha value is -2.86. The molecule has 6 N–H and O–H groups in total. The van der Waals surface area contributed by atoms with Gasteiger partial charge in [0, 0.05) is 8.95 Å². The van der Waals surface area contributed by atoms with Crippen molar-refractivity contribution in [2.24, 2.45) is 0 Å². The lowest BCUT2D eigenvalue weighted by Gasteiger charge is -2.11. The van der Waals surface area contributed by atoms with Gasteiger partial charge < -0.3 is 31.5 Å². The van der Waals surface area contributed by atoms with Crippen molar-refractivity contribution in [2.75, 3.05) is 21.3 Å². The van der Waals surface area contributed by atoms with Crippen molar-refractivity contribution >= 4 is 113 Å². The molecule has 0 spiro atoms. The van der Waals surface area contributed by atoms with Crippen LogP contribution in [0.4, 0.5) is 32.3 Å². The van der Waals surface area contributed by atoms with E-state index in [1.807, 2.05) is 12.1 Å². The fourth-order valence-corrected chi connectivity index (χ4v) is 4.36. The number of para-hydroxylation sites is 2. The molecule has 0 bridgehead atoms. The molecule has 0 saturated carbocycles. The van der Waals surface area contributed by atoms with E-state index in [2.05, 4.69) is 53.1 Å². The van der Waals surface area contributed by atoms with Crippen molar-refractivity contribution in [1.29, 1.82) is 0 Å². The first-order chi connectivity index (χ1) is 19.0. The second-order valence-corrected chi connectivity index (χ2v) is 10.9. The average molecular weight is 752 g/mol. The molecule has 4 rings (SSSR count). The lowest BCUT2D eigenvalue weighted by molar-refractivity contribution is 0.261. The van der Waals surface area contributed by atoms with Crippen LogP contribution in [0.1, 0.15) is 0 Å². The minimum Gasteiger partial charge on any atom is -0.504 e. The third-order valence-electron chi connectivity index (χ3n) is 4.88. The summed E-state index contributed by atoms with van der Waals surface area (Å²) in [5.74, 6) is -0.553. The van der Waals surface area contributed by atoms with E-state index in [9.17, 15) is 19.8 Å². The van der Waals surface area contributed by atoms with Gasteiger partial charge in [-0.3, -0.25) is 0 Å². The van der Waals surface area contributed by atoms with Crippen molar-refractivity contribution < 1.29 is 19.8 Å². The summed E-state index contributed by atoms with van der Waals surface area (Å²) in [6.07, 6.45) is 0. The van der Waals surface area contributed by atoms with E-state index < -0.39 is 12.1 Å². The number of anilines is 4. The van der Waals surface area contributed by atoms with Crippen LogP contribution in [0.15, 0.2) is 81.7 Å². The lowest BCUT2D eigenvalue weighted by Crippen LogP contribution is -2.19. The number of nitrogens with one attached hydrogen (secondary N) is 4. The maximum Gasteiger partial charge on any atom is 0.323 e. The summed E-state index contributed by atoms with van der Waals surface area (Å²) < 4.78 is 1.49. The molecule has 0 unspecified atom stereocenters. The summed E-state index contributed by atoms with van der Waals surface area (Å²) in [6.45, 7) is 0. The van der Waals surface area contributed by atoms with Crippen molar-refractivity contribution in [3.8, 4) is 11.5 Å². The molecule has 0 saturated heterocycles. The smallest absolute Gasteiger partial charge is 0.323 e. The molecule has 0 heterocycles. The van der Waals surface area contributed by atoms with Crippen LogP contribution in [0.3, 0.4) is 0 Å². The second kappa shape index (κ2) is 14.7. The van der Waals surface area contributed by atoms with Gasteiger partial charge in [0.05, 0.1) is 32.8 Å². The normalized spacial score (nSPS) is 10.2. The molecule has 4 aromatic rings. The third kappa shape index (κ3) is 8.57. The highest BCUT2D eigenvalue weighted by atomic mass is 79.9. The van der Waals surface area contributed by atoms with E-state index >= 15 is 0 Å². The molecule has 4 amide bonds. The minimum atomic E-state index is -0.509. The van der Waals surface area contributed by atoms with Gasteiger partial charge in [-0.2, -0.15) is 0 Å². The summed E-state index contributed by atoms with van der Waals surface area (Å²) in [6, 6.07) is 19.2. The maximum atomic E-state index is 11.9. The van der Waals surface area contributed by atoms with E-state index in [1.165, 1.54) is 24.3 Å². The highest BCUT2D eigenvalue weighted by Gasteiger charge is 2.14. The third-order valence-corrected chi connectivity index (χ3v) is 7.85. The van der Waals surface area contributed by atoms with E-state index in [0.717, 1.165) is 8.95 Å². The number of urea groups is 2. The Kier molecular flexibility index (Phi) is 11.6. The zero-order chi connectivity index (χ0) is 29.4. The summed E-state index contributed by atoms with van der Waals surface area (Å²) in [4.78, 5) is 23.7. The maximum absolute atomic E-state index is 11.9. The number of carbonyl (C=O) groups is 2. The van der Waals surface area contributed by atoms with Gasteiger partial charge >= 0.3 is 12.1 Å². The van der Waals surface area contributed by atoms with E-state index in [1.54, 1.807) is 36.4 Å². The predicted molar refractivity (Wildman–Crippen MR) is 170 cm³/mol. The van der Waals surface area contributed by atoms with Crippen LogP contribution in [0.2, 0.25) is 20.1 Å². The number of carbonyl (C=O) groups excluding carboxylic acids is 2. The summed E-state index contributed by atoms with van der Waals surface area (Å²) in [5.41, 5.74) is 1.54. The Bertz CT molecular complexity index is 1440. The van der Waals surface area contributed by atoms with Crippen molar-refractivity contribution in [3.63, 3.8) is 0 Å². The molecule has 0 fully saturated rings. The summed E-state index contributed by atoms with van der Waals surface area (Å²) in [5, 5.41) is 30.2. The molecule has 0 aromatic heterocycles.